The predicted molar refractivity (Wildman–Crippen MR) is 120 cm³/mol. The number of carbonyl (C=O) groups excluding carboxylic acids is 2. The first-order valence-corrected chi connectivity index (χ1v) is 12.1. The van der Waals surface area contributed by atoms with Crippen LogP contribution in [-0.4, -0.2) is 11.6 Å². The van der Waals surface area contributed by atoms with Crippen LogP contribution < -0.4 is 0 Å². The van der Waals surface area contributed by atoms with Gasteiger partial charge in [0.15, 0.2) is 0 Å². The molecule has 30 heavy (non-hydrogen) atoms. The first-order valence-electron chi connectivity index (χ1n) is 11.7. The van der Waals surface area contributed by atoms with Gasteiger partial charge in [-0.15, -0.1) is 0 Å². The number of hydrogen-bond acceptors (Lipinski definition) is 2. The van der Waals surface area contributed by atoms with Crippen LogP contribution in [0.15, 0.2) is 24.3 Å². The Balaban J connectivity index is 1.69. The lowest BCUT2D eigenvalue weighted by molar-refractivity contribution is -0.136. The van der Waals surface area contributed by atoms with Crippen LogP contribution in [0.2, 0.25) is 5.02 Å². The molecule has 0 unspecified atom stereocenters. The molecule has 1 aromatic carbocycles. The molecular weight excluding hydrogens is 392 g/mol. The molecule has 3 heteroatoms. The van der Waals surface area contributed by atoms with Gasteiger partial charge in [0.05, 0.1) is 0 Å². The van der Waals surface area contributed by atoms with Gasteiger partial charge < -0.3 is 0 Å². The van der Waals surface area contributed by atoms with Crippen molar-refractivity contribution in [2.45, 2.75) is 73.1 Å². The molecule has 6 atom stereocenters. The van der Waals surface area contributed by atoms with E-state index in [2.05, 4.69) is 47.6 Å². The van der Waals surface area contributed by atoms with Gasteiger partial charge in [-0.1, -0.05) is 71.3 Å². The van der Waals surface area contributed by atoms with E-state index in [9.17, 15) is 9.59 Å². The molecule has 1 aromatic rings. The van der Waals surface area contributed by atoms with Crippen LogP contribution in [0.25, 0.3) is 0 Å². The number of rotatable bonds is 3. The molecule has 4 saturated carbocycles. The molecule has 0 N–H and O–H groups in total. The van der Waals surface area contributed by atoms with Gasteiger partial charge in [-0.3, -0.25) is 9.59 Å². The van der Waals surface area contributed by atoms with Gasteiger partial charge in [-0.25, -0.2) is 0 Å². The number of Topliss-reactive ketones (excluding diaryl/α,β-unsaturated/α-hetero) is 2. The Morgan fingerprint density at radius 3 is 1.60 bits per heavy atom. The number of benzene rings is 1. The highest BCUT2D eigenvalue weighted by atomic mass is 35.5. The summed E-state index contributed by atoms with van der Waals surface area (Å²) in [6.45, 7) is 13.5. The minimum Gasteiger partial charge on any atom is -0.299 e. The Labute approximate surface area is 186 Å². The summed E-state index contributed by atoms with van der Waals surface area (Å²) < 4.78 is 0. The van der Waals surface area contributed by atoms with Crippen LogP contribution in [0.4, 0.5) is 0 Å². The van der Waals surface area contributed by atoms with E-state index in [4.69, 9.17) is 11.6 Å². The van der Waals surface area contributed by atoms with Crippen LogP contribution in [-0.2, 0) is 9.59 Å². The van der Waals surface area contributed by atoms with E-state index in [-0.39, 0.29) is 39.4 Å². The summed E-state index contributed by atoms with van der Waals surface area (Å²) in [6.07, 6.45) is 4.10. The molecule has 0 heterocycles. The maximum Gasteiger partial charge on any atom is 0.143 e. The summed E-state index contributed by atoms with van der Waals surface area (Å²) in [5, 5.41) is 0.708. The number of carbonyl (C=O) groups is 2. The van der Waals surface area contributed by atoms with Gasteiger partial charge in [0, 0.05) is 33.6 Å². The summed E-state index contributed by atoms with van der Waals surface area (Å²) in [6, 6.07) is 7.98. The van der Waals surface area contributed by atoms with Gasteiger partial charge in [-0.05, 0) is 60.0 Å². The summed E-state index contributed by atoms with van der Waals surface area (Å²) in [4.78, 5) is 28.0. The minimum absolute atomic E-state index is 0.0334. The molecule has 4 bridgehead atoms. The van der Waals surface area contributed by atoms with E-state index in [0.717, 1.165) is 31.2 Å². The molecule has 4 aliphatic carbocycles. The molecular formula is C27H35ClO2. The Hall–Kier alpha value is -1.15. The number of halogens is 1. The van der Waals surface area contributed by atoms with Crippen molar-refractivity contribution in [2.24, 2.45) is 45.3 Å². The van der Waals surface area contributed by atoms with Crippen molar-refractivity contribution < 1.29 is 9.59 Å². The van der Waals surface area contributed by atoms with E-state index >= 15 is 0 Å². The molecule has 0 saturated heterocycles. The van der Waals surface area contributed by atoms with Crippen molar-refractivity contribution in [2.75, 3.05) is 0 Å². The second-order valence-corrected chi connectivity index (χ2v) is 12.6. The minimum atomic E-state index is -0.290. The zero-order valence-corrected chi connectivity index (χ0v) is 20.0. The highest BCUT2D eigenvalue weighted by Gasteiger charge is 2.72. The van der Waals surface area contributed by atoms with Gasteiger partial charge in [0.2, 0.25) is 0 Å². The molecule has 0 amide bonds. The third kappa shape index (κ3) is 2.13. The maximum absolute atomic E-state index is 14.0. The van der Waals surface area contributed by atoms with Crippen LogP contribution in [0.1, 0.15) is 78.7 Å². The van der Waals surface area contributed by atoms with Crippen molar-refractivity contribution >= 4 is 23.2 Å². The molecule has 4 aliphatic rings. The third-order valence-electron chi connectivity index (χ3n) is 11.2. The van der Waals surface area contributed by atoms with E-state index < -0.39 is 0 Å². The topological polar surface area (TPSA) is 34.1 Å². The fraction of sp³-hybridized carbons (Fsp3) is 0.704. The highest BCUT2D eigenvalue weighted by Crippen LogP contribution is 2.73. The van der Waals surface area contributed by atoms with Gasteiger partial charge >= 0.3 is 0 Å². The average molecular weight is 427 g/mol. The molecule has 0 aromatic heterocycles. The smallest absolute Gasteiger partial charge is 0.143 e. The zero-order chi connectivity index (χ0) is 21.9. The third-order valence-corrected chi connectivity index (χ3v) is 11.6. The summed E-state index contributed by atoms with van der Waals surface area (Å²) in [5.74, 6) is 1.09. The van der Waals surface area contributed by atoms with E-state index in [1.165, 1.54) is 0 Å². The summed E-state index contributed by atoms with van der Waals surface area (Å²) >= 11 is 6.76. The van der Waals surface area contributed by atoms with Gasteiger partial charge in [0.1, 0.15) is 11.6 Å². The molecule has 0 radical (unpaired) electrons. The summed E-state index contributed by atoms with van der Waals surface area (Å²) in [5.41, 5.74) is 0.377. The molecule has 0 aliphatic heterocycles. The Bertz CT molecular complexity index is 892. The largest absolute Gasteiger partial charge is 0.299 e. The molecule has 4 fully saturated rings. The van der Waals surface area contributed by atoms with Crippen molar-refractivity contribution in [1.29, 1.82) is 0 Å². The second kappa shape index (κ2) is 6.00. The van der Waals surface area contributed by atoms with Crippen LogP contribution >= 0.6 is 11.6 Å². The maximum atomic E-state index is 14.0. The standard InChI is InChI=1S/C27H35ClO2/c1-24(2)16-11-13-26(24,5)22(29)20(16)19(15-9-7-8-10-18(15)28)21-17-12-14-27(6,23(21)30)25(17,3)4/h7-10,16-17,19-21H,11-14H2,1-6H3/t16-,17-,20-,21-,26+,27+/m1/s1. The monoisotopic (exact) mass is 426 g/mol. The van der Waals surface area contributed by atoms with Crippen LogP contribution in [0, 0.1) is 45.3 Å². The fourth-order valence-corrected chi connectivity index (χ4v) is 8.76. The first-order chi connectivity index (χ1) is 13.9. The molecule has 162 valence electrons. The lowest BCUT2D eigenvalue weighted by atomic mass is 9.63. The lowest BCUT2D eigenvalue weighted by Crippen LogP contribution is -2.41. The Morgan fingerprint density at radius 1 is 0.800 bits per heavy atom. The Kier molecular flexibility index (Phi) is 4.15. The lowest BCUT2D eigenvalue weighted by Gasteiger charge is -2.39. The van der Waals surface area contributed by atoms with E-state index in [1.807, 2.05) is 18.2 Å². The molecule has 2 nitrogen and oxygen atoms in total. The van der Waals surface area contributed by atoms with Crippen molar-refractivity contribution in [3.05, 3.63) is 34.9 Å². The van der Waals surface area contributed by atoms with Gasteiger partial charge in [0.25, 0.3) is 0 Å². The zero-order valence-electron chi connectivity index (χ0n) is 19.2. The number of fused-ring (bicyclic) bond motifs is 4. The van der Waals surface area contributed by atoms with Crippen LogP contribution in [0.5, 0.6) is 0 Å². The SMILES string of the molecule is CC1(C)[C@@H]2CC[C@@]1(C)C(=O)[C@H]2C(c1ccccc1Cl)[C@@H]1C(=O)[C@]2(C)CC[C@H]1C2(C)C. The number of ketones is 2. The van der Waals surface area contributed by atoms with Crippen molar-refractivity contribution in [3.63, 3.8) is 0 Å². The van der Waals surface area contributed by atoms with Crippen molar-refractivity contribution in [1.82, 2.24) is 0 Å². The normalized spacial score (nSPS) is 43.2. The fourth-order valence-electron chi connectivity index (χ4n) is 8.49. The summed E-state index contributed by atoms with van der Waals surface area (Å²) in [7, 11) is 0. The first kappa shape index (κ1) is 20.7. The average Bonchev–Trinajstić information content (AvgIpc) is 3.16. The molecule has 5 rings (SSSR count). The second-order valence-electron chi connectivity index (χ2n) is 12.2. The van der Waals surface area contributed by atoms with Gasteiger partial charge in [-0.2, -0.15) is 0 Å². The Morgan fingerprint density at radius 2 is 1.23 bits per heavy atom. The molecule has 0 spiro atoms. The highest BCUT2D eigenvalue weighted by molar-refractivity contribution is 6.31. The number of hydrogen-bond donors (Lipinski definition) is 0. The van der Waals surface area contributed by atoms with E-state index in [0.29, 0.717) is 28.4 Å². The quantitative estimate of drug-likeness (QED) is 0.538. The predicted octanol–water partition coefficient (Wildman–Crippen LogP) is 6.71. The van der Waals surface area contributed by atoms with E-state index in [1.54, 1.807) is 0 Å². The van der Waals surface area contributed by atoms with Crippen molar-refractivity contribution in [3.8, 4) is 0 Å². The van der Waals surface area contributed by atoms with Crippen LogP contribution in [0.3, 0.4) is 0 Å².